The van der Waals surface area contributed by atoms with Gasteiger partial charge >= 0.3 is 5.97 Å². The highest BCUT2D eigenvalue weighted by Gasteiger charge is 2.68. The monoisotopic (exact) mass is 634 g/mol. The van der Waals surface area contributed by atoms with Gasteiger partial charge in [-0.2, -0.15) is 0 Å². The first-order chi connectivity index (χ1) is 21.3. The van der Waals surface area contributed by atoms with E-state index in [4.69, 9.17) is 18.9 Å². The first-order valence-electron chi connectivity index (χ1n) is 17.5. The number of hydrogen-bond acceptors (Lipinski definition) is 10. The number of carbonyl (C=O) groups excluding carboxylic acids is 1. The van der Waals surface area contributed by atoms with Gasteiger partial charge in [-0.1, -0.05) is 39.3 Å². The number of aliphatic hydroxyl groups excluding tert-OH is 5. The van der Waals surface area contributed by atoms with Crippen LogP contribution in [0.15, 0.2) is 11.6 Å². The maximum Gasteiger partial charge on any atom is 0.309 e. The summed E-state index contributed by atoms with van der Waals surface area (Å²) in [6.45, 7) is 10.6. The van der Waals surface area contributed by atoms with Crippen molar-refractivity contribution in [2.75, 3.05) is 6.61 Å². The second-order valence-electron chi connectivity index (χ2n) is 16.4. The van der Waals surface area contributed by atoms with E-state index in [1.54, 1.807) is 0 Å². The fourth-order valence-electron chi connectivity index (χ4n) is 11.5. The summed E-state index contributed by atoms with van der Waals surface area (Å²) in [4.78, 5) is 13.4. The quantitative estimate of drug-likeness (QED) is 0.167. The summed E-state index contributed by atoms with van der Waals surface area (Å²) in [6.07, 6.45) is 1.91. The Balaban J connectivity index is 1.06. The number of ether oxygens (including phenoxy) is 4. The van der Waals surface area contributed by atoms with Gasteiger partial charge in [-0.25, -0.2) is 0 Å². The van der Waals surface area contributed by atoms with Gasteiger partial charge in [0.15, 0.2) is 6.29 Å². The average molecular weight is 635 g/mol. The lowest BCUT2D eigenvalue weighted by Gasteiger charge is -2.58. The number of aliphatic hydroxyl groups is 5. The molecule has 0 aromatic carbocycles. The smallest absolute Gasteiger partial charge is 0.309 e. The lowest BCUT2D eigenvalue weighted by atomic mass is 9.47. The van der Waals surface area contributed by atoms with Gasteiger partial charge in [-0.3, -0.25) is 4.79 Å². The summed E-state index contributed by atoms with van der Waals surface area (Å²) >= 11 is 0. The van der Waals surface area contributed by atoms with Crippen molar-refractivity contribution in [1.29, 1.82) is 0 Å². The molecule has 4 aliphatic carbocycles. The van der Waals surface area contributed by atoms with Crippen LogP contribution in [-0.2, 0) is 23.7 Å². The van der Waals surface area contributed by atoms with E-state index < -0.39 is 49.0 Å². The molecule has 3 saturated carbocycles. The highest BCUT2D eigenvalue weighted by Crippen LogP contribution is 2.68. The zero-order valence-corrected chi connectivity index (χ0v) is 27.4. The molecule has 0 bridgehead atoms. The van der Waals surface area contributed by atoms with Crippen LogP contribution in [0.25, 0.3) is 0 Å². The van der Waals surface area contributed by atoms with Crippen molar-refractivity contribution in [2.24, 2.45) is 46.3 Å². The summed E-state index contributed by atoms with van der Waals surface area (Å²) in [5.41, 5.74) is 0.961. The molecule has 10 heteroatoms. The van der Waals surface area contributed by atoms with Crippen LogP contribution in [0.5, 0.6) is 0 Å². The fourth-order valence-corrected chi connectivity index (χ4v) is 11.5. The molecular formula is C35H54O10. The van der Waals surface area contributed by atoms with Crippen LogP contribution in [-0.4, -0.2) is 98.8 Å². The van der Waals surface area contributed by atoms with Gasteiger partial charge in [0.2, 0.25) is 0 Å². The van der Waals surface area contributed by atoms with E-state index in [0.29, 0.717) is 24.7 Å². The normalized spacial score (nSPS) is 55.9. The van der Waals surface area contributed by atoms with E-state index in [2.05, 4.69) is 40.7 Å². The Morgan fingerprint density at radius 3 is 2.36 bits per heavy atom. The predicted octanol–water partition coefficient (Wildman–Crippen LogP) is 2.47. The van der Waals surface area contributed by atoms with Gasteiger partial charge in [0, 0.05) is 12.3 Å². The molecule has 0 aromatic rings. The topological polar surface area (TPSA) is 158 Å². The van der Waals surface area contributed by atoms with Crippen LogP contribution in [0.4, 0.5) is 0 Å². The molecule has 7 aliphatic rings. The molecule has 45 heavy (non-hydrogen) atoms. The molecule has 5 N–H and O–H groups in total. The molecule has 10 nitrogen and oxygen atoms in total. The molecule has 0 radical (unpaired) electrons. The number of esters is 1. The number of fused-ring (bicyclic) bond motifs is 5. The summed E-state index contributed by atoms with van der Waals surface area (Å²) < 4.78 is 24.0. The van der Waals surface area contributed by atoms with E-state index in [0.717, 1.165) is 38.5 Å². The standard InChI is InChI=1S/C35H54O10/c1-16(2)35(17(3)45-35)26-13-21(31(41)44-26)27-24(37)14-23-20-7-6-18-12-19(8-10-33(18,4)22(20)9-11-34(23,27)5)42-32-30(40)29(39)28(38)25(15-36)43-32/h7,16-19,21-30,32,36-40H,6,8-15H2,1-5H3. The van der Waals surface area contributed by atoms with Crippen molar-refractivity contribution >= 4 is 5.97 Å². The number of epoxide rings is 1. The third kappa shape index (κ3) is 4.75. The highest BCUT2D eigenvalue weighted by atomic mass is 16.7. The first-order valence-corrected chi connectivity index (χ1v) is 17.5. The third-order valence-corrected chi connectivity index (χ3v) is 14.1. The Morgan fingerprint density at radius 2 is 1.69 bits per heavy atom. The van der Waals surface area contributed by atoms with Gasteiger partial charge < -0.3 is 44.5 Å². The molecule has 3 aliphatic heterocycles. The Labute approximate surface area is 266 Å². The van der Waals surface area contributed by atoms with Gasteiger partial charge in [0.25, 0.3) is 0 Å². The number of carbonyl (C=O) groups is 1. The zero-order chi connectivity index (χ0) is 32.2. The van der Waals surface area contributed by atoms with E-state index in [9.17, 15) is 30.3 Å². The van der Waals surface area contributed by atoms with E-state index >= 15 is 0 Å². The van der Waals surface area contributed by atoms with Gasteiger partial charge in [-0.05, 0) is 86.4 Å². The summed E-state index contributed by atoms with van der Waals surface area (Å²) in [7, 11) is 0. The Hall–Kier alpha value is -1.11. The number of cyclic esters (lactones) is 1. The van der Waals surface area contributed by atoms with Crippen molar-refractivity contribution in [1.82, 2.24) is 0 Å². The van der Waals surface area contributed by atoms with Crippen LogP contribution < -0.4 is 0 Å². The maximum absolute atomic E-state index is 13.4. The minimum absolute atomic E-state index is 0.0695. The minimum Gasteiger partial charge on any atom is -0.459 e. The molecule has 6 fully saturated rings. The molecular weight excluding hydrogens is 580 g/mol. The lowest BCUT2D eigenvalue weighted by Crippen LogP contribution is -2.60. The van der Waals surface area contributed by atoms with Crippen molar-refractivity contribution in [3.8, 4) is 0 Å². The van der Waals surface area contributed by atoms with Crippen LogP contribution in [0.1, 0.15) is 86.0 Å². The van der Waals surface area contributed by atoms with Crippen molar-refractivity contribution in [3.63, 3.8) is 0 Å². The van der Waals surface area contributed by atoms with Crippen LogP contribution >= 0.6 is 0 Å². The van der Waals surface area contributed by atoms with E-state index in [1.807, 2.05) is 0 Å². The Morgan fingerprint density at radius 1 is 0.978 bits per heavy atom. The second-order valence-corrected chi connectivity index (χ2v) is 16.4. The van der Waals surface area contributed by atoms with Gasteiger partial charge in [-0.15, -0.1) is 0 Å². The average Bonchev–Trinajstić information content (AvgIpc) is 3.44. The van der Waals surface area contributed by atoms with Crippen LogP contribution in [0, 0.1) is 46.3 Å². The maximum atomic E-state index is 13.4. The fraction of sp³-hybridized carbons (Fsp3) is 0.914. The largest absolute Gasteiger partial charge is 0.459 e. The molecule has 17 atom stereocenters. The van der Waals surface area contributed by atoms with Crippen molar-refractivity contribution < 1.29 is 49.3 Å². The number of allylic oxidation sites excluding steroid dienone is 2. The molecule has 0 amide bonds. The molecule has 3 heterocycles. The second kappa shape index (κ2) is 11.2. The molecule has 7 rings (SSSR count). The molecule has 254 valence electrons. The molecule has 17 unspecified atom stereocenters. The molecule has 3 saturated heterocycles. The summed E-state index contributed by atoms with van der Waals surface area (Å²) in [5, 5.41) is 52.1. The Bertz CT molecular complexity index is 1190. The number of rotatable bonds is 6. The van der Waals surface area contributed by atoms with Crippen molar-refractivity contribution in [3.05, 3.63) is 11.6 Å². The SMILES string of the molecule is CC(C)C1(C2CC(C3C(O)CC4C5=CCC6CC(OC7OC(CO)C(O)C(O)C7O)CCC6(C)C5CCC43C)C(=O)O2)OC1C. The van der Waals surface area contributed by atoms with E-state index in [1.165, 1.54) is 5.57 Å². The Kier molecular flexibility index (Phi) is 8.09. The van der Waals surface area contributed by atoms with Crippen LogP contribution in [0.3, 0.4) is 0 Å². The van der Waals surface area contributed by atoms with Crippen LogP contribution in [0.2, 0.25) is 0 Å². The minimum atomic E-state index is -1.45. The zero-order valence-electron chi connectivity index (χ0n) is 27.4. The van der Waals surface area contributed by atoms with E-state index in [-0.39, 0.29) is 58.8 Å². The van der Waals surface area contributed by atoms with Crippen molar-refractivity contribution in [2.45, 2.75) is 147 Å². The summed E-state index contributed by atoms with van der Waals surface area (Å²) in [5.74, 6) is 0.646. The van der Waals surface area contributed by atoms with Gasteiger partial charge in [0.05, 0.1) is 30.8 Å². The lowest BCUT2D eigenvalue weighted by molar-refractivity contribution is -0.315. The third-order valence-electron chi connectivity index (χ3n) is 14.1. The summed E-state index contributed by atoms with van der Waals surface area (Å²) in [6, 6.07) is 0. The predicted molar refractivity (Wildman–Crippen MR) is 161 cm³/mol. The number of hydrogen-bond donors (Lipinski definition) is 5. The highest BCUT2D eigenvalue weighted by molar-refractivity contribution is 5.76. The molecule has 0 spiro atoms. The van der Waals surface area contributed by atoms with Gasteiger partial charge in [0.1, 0.15) is 36.1 Å². The first kappa shape index (κ1) is 32.4. The molecule has 0 aromatic heterocycles.